The quantitative estimate of drug-likeness (QED) is 0.214. The van der Waals surface area contributed by atoms with Gasteiger partial charge in [0.25, 0.3) is 0 Å². The Morgan fingerprint density at radius 3 is 2.54 bits per heavy atom. The van der Waals surface area contributed by atoms with E-state index in [1.54, 1.807) is 44.4 Å². The lowest BCUT2D eigenvalue weighted by atomic mass is 9.96. The zero-order valence-corrected chi connectivity index (χ0v) is 20.4. The predicted octanol–water partition coefficient (Wildman–Crippen LogP) is 4.85. The molecule has 37 heavy (non-hydrogen) atoms. The van der Waals surface area contributed by atoms with E-state index < -0.39 is 17.7 Å². The van der Waals surface area contributed by atoms with Crippen molar-refractivity contribution in [3.8, 4) is 28.7 Å². The summed E-state index contributed by atoms with van der Waals surface area (Å²) in [7, 11) is 1.55. The van der Waals surface area contributed by atoms with Crippen LogP contribution in [-0.4, -0.2) is 40.5 Å². The fraction of sp³-hybridized carbons (Fsp3) is 0.214. The molecule has 0 fully saturated rings. The highest BCUT2D eigenvalue weighted by Crippen LogP contribution is 2.33. The van der Waals surface area contributed by atoms with E-state index in [9.17, 15) is 14.7 Å². The van der Waals surface area contributed by atoms with Crippen LogP contribution in [0.2, 0.25) is 0 Å². The number of hydrogen-bond donors (Lipinski definition) is 1. The van der Waals surface area contributed by atoms with Gasteiger partial charge in [-0.15, -0.1) is 0 Å². The summed E-state index contributed by atoms with van der Waals surface area (Å²) >= 11 is 0. The van der Waals surface area contributed by atoms with Crippen LogP contribution in [0.25, 0.3) is 11.5 Å². The van der Waals surface area contributed by atoms with Gasteiger partial charge in [0, 0.05) is 18.2 Å². The Bertz CT molecular complexity index is 1370. The van der Waals surface area contributed by atoms with Gasteiger partial charge in [0.15, 0.2) is 17.3 Å². The van der Waals surface area contributed by atoms with Gasteiger partial charge in [-0.05, 0) is 42.8 Å². The molecule has 0 aliphatic rings. The number of aliphatic carboxylic acids is 1. The molecule has 0 saturated heterocycles. The molecule has 0 saturated carbocycles. The Morgan fingerprint density at radius 2 is 1.81 bits per heavy atom. The molecule has 2 aromatic carbocycles. The largest absolute Gasteiger partial charge is 0.493 e. The normalized spacial score (nSPS) is 11.5. The van der Waals surface area contributed by atoms with E-state index in [0.717, 1.165) is 5.56 Å². The maximum absolute atomic E-state index is 13.1. The van der Waals surface area contributed by atoms with Gasteiger partial charge < -0.3 is 23.7 Å². The van der Waals surface area contributed by atoms with Crippen LogP contribution in [0.4, 0.5) is 0 Å². The van der Waals surface area contributed by atoms with Gasteiger partial charge in [-0.2, -0.15) is 0 Å². The van der Waals surface area contributed by atoms with Crippen LogP contribution in [0, 0.1) is 5.92 Å². The van der Waals surface area contributed by atoms with Crippen molar-refractivity contribution >= 4 is 11.8 Å². The van der Waals surface area contributed by atoms with Gasteiger partial charge in [0.05, 0.1) is 19.4 Å². The van der Waals surface area contributed by atoms with Crippen molar-refractivity contribution in [2.45, 2.75) is 20.0 Å². The number of oxazole rings is 1. The Morgan fingerprint density at radius 1 is 1.00 bits per heavy atom. The van der Waals surface area contributed by atoms with Crippen LogP contribution in [-0.2, 0) is 17.8 Å². The molecule has 4 rings (SSSR count). The molecule has 1 unspecified atom stereocenters. The van der Waals surface area contributed by atoms with E-state index in [1.807, 2.05) is 30.3 Å². The summed E-state index contributed by atoms with van der Waals surface area (Å²) in [5, 5.41) is 9.78. The van der Waals surface area contributed by atoms with E-state index in [2.05, 4.69) is 9.97 Å². The minimum atomic E-state index is -1.41. The minimum absolute atomic E-state index is 0.0316. The number of methoxy groups -OCH3 is 1. The molecular weight excluding hydrogens is 476 g/mol. The van der Waals surface area contributed by atoms with Crippen molar-refractivity contribution in [2.75, 3.05) is 13.7 Å². The van der Waals surface area contributed by atoms with Gasteiger partial charge >= 0.3 is 5.97 Å². The van der Waals surface area contributed by atoms with Crippen LogP contribution in [0.5, 0.6) is 17.2 Å². The molecule has 2 aromatic heterocycles. The van der Waals surface area contributed by atoms with E-state index in [1.165, 1.54) is 12.5 Å². The summed E-state index contributed by atoms with van der Waals surface area (Å²) in [5.74, 6) is -1.82. The number of benzene rings is 2. The van der Waals surface area contributed by atoms with E-state index in [4.69, 9.17) is 18.6 Å². The first kappa shape index (κ1) is 25.4. The first-order valence-corrected chi connectivity index (χ1v) is 11.6. The molecule has 2 heterocycles. The van der Waals surface area contributed by atoms with Crippen LogP contribution >= 0.6 is 0 Å². The first-order valence-electron chi connectivity index (χ1n) is 11.6. The molecule has 4 aromatic rings. The number of carbonyl (C=O) groups excluding carboxylic acids is 1. The summed E-state index contributed by atoms with van der Waals surface area (Å²) in [6.45, 7) is 2.43. The topological polar surface area (TPSA) is 121 Å². The summed E-state index contributed by atoms with van der Waals surface area (Å²) in [4.78, 5) is 33.5. The van der Waals surface area contributed by atoms with Crippen molar-refractivity contribution in [1.82, 2.24) is 9.97 Å². The van der Waals surface area contributed by atoms with Crippen LogP contribution in [0.1, 0.15) is 28.7 Å². The Balaban J connectivity index is 1.53. The number of carboxylic acid groups (broad SMARTS) is 1. The molecule has 0 aliphatic carbocycles. The van der Waals surface area contributed by atoms with Crippen LogP contribution in [0.3, 0.4) is 0 Å². The highest BCUT2D eigenvalue weighted by atomic mass is 16.5. The number of carbonyl (C=O) groups is 2. The molecule has 0 spiro atoms. The van der Waals surface area contributed by atoms with Gasteiger partial charge in [-0.25, -0.2) is 9.97 Å². The first-order chi connectivity index (χ1) is 18.0. The fourth-order valence-electron chi connectivity index (χ4n) is 3.71. The van der Waals surface area contributed by atoms with Crippen molar-refractivity contribution in [3.05, 3.63) is 90.1 Å². The SMILES string of the molecule is CCOc1cccnc1C(=O)C(Cc1coc(-c2ccc(OC)c(OCc3ccccc3)c2)n1)C(=O)O. The van der Waals surface area contributed by atoms with Crippen molar-refractivity contribution in [2.24, 2.45) is 5.92 Å². The van der Waals surface area contributed by atoms with Gasteiger partial charge in [-0.3, -0.25) is 9.59 Å². The second kappa shape index (κ2) is 11.9. The van der Waals surface area contributed by atoms with E-state index in [-0.39, 0.29) is 23.8 Å². The van der Waals surface area contributed by atoms with Crippen molar-refractivity contribution in [3.63, 3.8) is 0 Å². The van der Waals surface area contributed by atoms with Gasteiger partial charge in [-0.1, -0.05) is 30.3 Å². The third-order valence-corrected chi connectivity index (χ3v) is 5.53. The minimum Gasteiger partial charge on any atom is -0.493 e. The molecule has 9 heteroatoms. The van der Waals surface area contributed by atoms with Crippen LogP contribution in [0.15, 0.2) is 77.5 Å². The lowest BCUT2D eigenvalue weighted by Gasteiger charge is -2.12. The highest BCUT2D eigenvalue weighted by Gasteiger charge is 2.32. The second-order valence-corrected chi connectivity index (χ2v) is 8.03. The number of Topliss-reactive ketones (excluding diaryl/α,β-unsaturated/α-hetero) is 1. The summed E-state index contributed by atoms with van der Waals surface area (Å²) in [6.07, 6.45) is 2.59. The zero-order valence-electron chi connectivity index (χ0n) is 20.4. The molecule has 1 atom stereocenters. The average Bonchev–Trinajstić information content (AvgIpc) is 3.40. The fourth-order valence-corrected chi connectivity index (χ4v) is 3.71. The highest BCUT2D eigenvalue weighted by molar-refractivity contribution is 6.08. The molecule has 9 nitrogen and oxygen atoms in total. The number of rotatable bonds is 12. The number of nitrogens with zero attached hydrogens (tertiary/aromatic N) is 2. The third kappa shape index (κ3) is 6.13. The number of ketones is 1. The van der Waals surface area contributed by atoms with E-state index in [0.29, 0.717) is 36.0 Å². The molecule has 1 N–H and O–H groups in total. The average molecular weight is 503 g/mol. The van der Waals surface area contributed by atoms with Crippen molar-refractivity contribution in [1.29, 1.82) is 0 Å². The third-order valence-electron chi connectivity index (χ3n) is 5.53. The molecule has 0 aliphatic heterocycles. The van der Waals surface area contributed by atoms with Gasteiger partial charge in [0.2, 0.25) is 5.89 Å². The summed E-state index contributed by atoms with van der Waals surface area (Å²) < 4.78 is 22.4. The monoisotopic (exact) mass is 502 g/mol. The number of pyridine rings is 1. The Kier molecular flexibility index (Phi) is 8.15. The Hall–Kier alpha value is -4.66. The van der Waals surface area contributed by atoms with E-state index >= 15 is 0 Å². The maximum Gasteiger partial charge on any atom is 0.314 e. The maximum atomic E-state index is 13.1. The Labute approximate surface area is 213 Å². The smallest absolute Gasteiger partial charge is 0.314 e. The number of hydrogen-bond acceptors (Lipinski definition) is 8. The molecular formula is C28H26N2O7. The lowest BCUT2D eigenvalue weighted by molar-refractivity contribution is -0.139. The summed E-state index contributed by atoms with van der Waals surface area (Å²) in [5.41, 5.74) is 1.89. The molecule has 190 valence electrons. The zero-order chi connectivity index (χ0) is 26.2. The van der Waals surface area contributed by atoms with Gasteiger partial charge in [0.1, 0.15) is 30.2 Å². The standard InChI is InChI=1S/C28H26N2O7/c1-3-35-23-10-7-13-29-25(23)26(31)21(28(32)33)15-20-17-37-27(30-20)19-11-12-22(34-2)24(14-19)36-16-18-8-5-4-6-9-18/h4-14,17,21H,3,15-16H2,1-2H3,(H,32,33). The number of carboxylic acids is 1. The molecule has 0 radical (unpaired) electrons. The van der Waals surface area contributed by atoms with Crippen LogP contribution < -0.4 is 14.2 Å². The number of aromatic nitrogens is 2. The lowest BCUT2D eigenvalue weighted by Crippen LogP contribution is -2.27. The van der Waals surface area contributed by atoms with Crippen molar-refractivity contribution < 1.29 is 33.3 Å². The second-order valence-electron chi connectivity index (χ2n) is 8.03. The molecule has 0 amide bonds. The predicted molar refractivity (Wildman–Crippen MR) is 134 cm³/mol. The number of ether oxygens (including phenoxy) is 3. The molecule has 0 bridgehead atoms. The summed E-state index contributed by atoms with van der Waals surface area (Å²) in [6, 6.07) is 18.1.